The summed E-state index contributed by atoms with van der Waals surface area (Å²) in [7, 11) is 0. The van der Waals surface area contributed by atoms with Crippen molar-refractivity contribution in [2.24, 2.45) is 46.3 Å². The van der Waals surface area contributed by atoms with Crippen molar-refractivity contribution in [3.63, 3.8) is 0 Å². The van der Waals surface area contributed by atoms with Gasteiger partial charge in [-0.1, -0.05) is 72.0 Å². The van der Waals surface area contributed by atoms with Gasteiger partial charge in [-0.15, -0.1) is 0 Å². The summed E-state index contributed by atoms with van der Waals surface area (Å²) >= 11 is 0. The molecule has 0 amide bonds. The van der Waals surface area contributed by atoms with Gasteiger partial charge in [-0.2, -0.15) is 0 Å². The summed E-state index contributed by atoms with van der Waals surface area (Å²) in [6, 6.07) is 0. The molecule has 0 bridgehead atoms. The van der Waals surface area contributed by atoms with E-state index in [1.807, 2.05) is 11.1 Å². The van der Waals surface area contributed by atoms with E-state index in [4.69, 9.17) is 0 Å². The van der Waals surface area contributed by atoms with E-state index in [-0.39, 0.29) is 6.10 Å². The molecule has 3 saturated carbocycles. The monoisotopic (exact) mass is 400 g/mol. The quantitative estimate of drug-likeness (QED) is 0.467. The number of allylic oxidation sites excluding steroid dienone is 2. The molecule has 0 aromatic carbocycles. The number of hydrogen-bond donors (Lipinski definition) is 1. The Bertz CT molecular complexity index is 632. The van der Waals surface area contributed by atoms with Crippen molar-refractivity contribution in [2.75, 3.05) is 0 Å². The number of aliphatic hydroxyl groups excluding tert-OH is 1. The van der Waals surface area contributed by atoms with Gasteiger partial charge in [-0.25, -0.2) is 0 Å². The molecule has 0 saturated heterocycles. The minimum atomic E-state index is -0.0568. The molecule has 0 aliphatic heterocycles. The second-order valence-electron chi connectivity index (χ2n) is 12.6. The predicted molar refractivity (Wildman–Crippen MR) is 124 cm³/mol. The third-order valence-electron chi connectivity index (χ3n) is 10.7. The molecule has 8 atom stereocenters. The van der Waals surface area contributed by atoms with Gasteiger partial charge in [-0.05, 0) is 97.7 Å². The molecule has 0 spiro atoms. The Labute approximate surface area is 181 Å². The molecule has 0 unspecified atom stereocenters. The van der Waals surface area contributed by atoms with Crippen LogP contribution < -0.4 is 0 Å². The molecule has 0 heterocycles. The standard InChI is InChI=1S/C28H48O/c1-18(2)8-7-9-19(3)22-12-13-24-21-10-11-23-20(4)26(29)15-17-28(23,6)25(21)14-16-27(22,24)5/h18-20,22-23,25-26,29H,7-17H2,1-6H3/t19-,20+,22-,23+,25+,26+,27-,28+/m1/s1. The fraction of sp³-hybridized carbons (Fsp3) is 0.929. The van der Waals surface area contributed by atoms with Crippen molar-refractivity contribution in [1.82, 2.24) is 0 Å². The minimum Gasteiger partial charge on any atom is -0.393 e. The molecule has 29 heavy (non-hydrogen) atoms. The summed E-state index contributed by atoms with van der Waals surface area (Å²) in [6.45, 7) is 14.9. The Morgan fingerprint density at radius 2 is 1.72 bits per heavy atom. The van der Waals surface area contributed by atoms with Gasteiger partial charge in [0.2, 0.25) is 0 Å². The lowest BCUT2D eigenvalue weighted by Gasteiger charge is -2.58. The summed E-state index contributed by atoms with van der Waals surface area (Å²) in [5.41, 5.74) is 4.78. The van der Waals surface area contributed by atoms with Crippen LogP contribution in [-0.2, 0) is 0 Å². The van der Waals surface area contributed by atoms with E-state index < -0.39 is 0 Å². The Balaban J connectivity index is 1.55. The SMILES string of the molecule is CC(C)CCC[C@@H](C)[C@H]1CCC2=C3CC[C@H]4[C@H](C)[C@@H](O)CC[C@]4(C)[C@H]3CC[C@@]21C. The molecule has 3 fully saturated rings. The Kier molecular flexibility index (Phi) is 6.04. The smallest absolute Gasteiger partial charge is 0.0568 e. The number of aliphatic hydroxyl groups is 1. The van der Waals surface area contributed by atoms with Gasteiger partial charge in [0, 0.05) is 0 Å². The van der Waals surface area contributed by atoms with Crippen LogP contribution >= 0.6 is 0 Å². The van der Waals surface area contributed by atoms with Gasteiger partial charge >= 0.3 is 0 Å². The van der Waals surface area contributed by atoms with E-state index in [2.05, 4.69) is 41.5 Å². The highest BCUT2D eigenvalue weighted by Crippen LogP contribution is 2.66. The van der Waals surface area contributed by atoms with Crippen LogP contribution in [0.25, 0.3) is 0 Å². The van der Waals surface area contributed by atoms with Crippen molar-refractivity contribution in [2.45, 2.75) is 118 Å². The molecule has 0 radical (unpaired) electrons. The summed E-state index contributed by atoms with van der Waals surface area (Å²) in [6.07, 6.45) is 14.8. The Morgan fingerprint density at radius 3 is 2.45 bits per heavy atom. The van der Waals surface area contributed by atoms with Gasteiger partial charge in [0.15, 0.2) is 0 Å². The van der Waals surface area contributed by atoms with Crippen LogP contribution in [0.15, 0.2) is 11.1 Å². The van der Waals surface area contributed by atoms with Crippen LogP contribution in [-0.4, -0.2) is 11.2 Å². The van der Waals surface area contributed by atoms with Gasteiger partial charge in [0.1, 0.15) is 0 Å². The highest BCUT2D eigenvalue weighted by Gasteiger charge is 2.56. The van der Waals surface area contributed by atoms with E-state index in [0.29, 0.717) is 16.7 Å². The minimum absolute atomic E-state index is 0.0568. The van der Waals surface area contributed by atoms with E-state index in [1.54, 1.807) is 0 Å². The molecule has 4 aliphatic rings. The molecule has 166 valence electrons. The first-order chi connectivity index (χ1) is 13.7. The number of fused-ring (bicyclic) bond motifs is 4. The summed E-state index contributed by atoms with van der Waals surface area (Å²) in [4.78, 5) is 0. The fourth-order valence-corrected chi connectivity index (χ4v) is 8.95. The van der Waals surface area contributed by atoms with Gasteiger partial charge in [0.25, 0.3) is 0 Å². The van der Waals surface area contributed by atoms with Crippen LogP contribution in [0.2, 0.25) is 0 Å². The second kappa shape index (κ2) is 7.99. The number of rotatable bonds is 5. The van der Waals surface area contributed by atoms with Gasteiger partial charge in [0.05, 0.1) is 6.10 Å². The molecule has 1 N–H and O–H groups in total. The largest absolute Gasteiger partial charge is 0.393 e. The third kappa shape index (κ3) is 3.56. The van der Waals surface area contributed by atoms with Crippen molar-refractivity contribution >= 4 is 0 Å². The highest BCUT2D eigenvalue weighted by molar-refractivity contribution is 5.35. The van der Waals surface area contributed by atoms with Crippen LogP contribution in [0, 0.1) is 46.3 Å². The van der Waals surface area contributed by atoms with E-state index >= 15 is 0 Å². The van der Waals surface area contributed by atoms with E-state index in [1.165, 1.54) is 64.2 Å². The van der Waals surface area contributed by atoms with Crippen LogP contribution in [0.1, 0.15) is 112 Å². The Morgan fingerprint density at radius 1 is 0.966 bits per heavy atom. The Hall–Kier alpha value is -0.300. The number of hydrogen-bond acceptors (Lipinski definition) is 1. The molecule has 1 nitrogen and oxygen atoms in total. The van der Waals surface area contributed by atoms with Crippen molar-refractivity contribution < 1.29 is 5.11 Å². The van der Waals surface area contributed by atoms with Crippen molar-refractivity contribution in [3.8, 4) is 0 Å². The normalized spacial score (nSPS) is 45.7. The predicted octanol–water partition coefficient (Wildman–Crippen LogP) is 7.78. The highest BCUT2D eigenvalue weighted by atomic mass is 16.3. The molecule has 0 aromatic heterocycles. The first-order valence-electron chi connectivity index (χ1n) is 13.1. The zero-order valence-electron chi connectivity index (χ0n) is 20.3. The lowest BCUT2D eigenvalue weighted by Crippen LogP contribution is -2.51. The van der Waals surface area contributed by atoms with Crippen LogP contribution in [0.5, 0.6) is 0 Å². The molecule has 0 aromatic rings. The molecule has 4 aliphatic carbocycles. The maximum absolute atomic E-state index is 10.5. The topological polar surface area (TPSA) is 20.2 Å². The van der Waals surface area contributed by atoms with Crippen LogP contribution in [0.4, 0.5) is 0 Å². The van der Waals surface area contributed by atoms with E-state index in [0.717, 1.165) is 36.0 Å². The lowest BCUT2D eigenvalue weighted by molar-refractivity contribution is -0.0779. The molecular weight excluding hydrogens is 352 g/mol. The first-order valence-corrected chi connectivity index (χ1v) is 13.1. The van der Waals surface area contributed by atoms with Gasteiger partial charge < -0.3 is 5.11 Å². The first kappa shape index (κ1) is 21.9. The summed E-state index contributed by atoms with van der Waals surface area (Å²) in [5, 5.41) is 10.5. The van der Waals surface area contributed by atoms with E-state index in [9.17, 15) is 5.11 Å². The van der Waals surface area contributed by atoms with Crippen molar-refractivity contribution in [1.29, 1.82) is 0 Å². The zero-order chi connectivity index (χ0) is 21.0. The average Bonchev–Trinajstić information content (AvgIpc) is 3.02. The second-order valence-corrected chi connectivity index (χ2v) is 12.6. The lowest BCUT2D eigenvalue weighted by atomic mass is 9.47. The van der Waals surface area contributed by atoms with Crippen molar-refractivity contribution in [3.05, 3.63) is 11.1 Å². The molecule has 4 rings (SSSR count). The van der Waals surface area contributed by atoms with Crippen LogP contribution in [0.3, 0.4) is 0 Å². The summed E-state index contributed by atoms with van der Waals surface area (Å²) < 4.78 is 0. The molecular formula is C28H48O. The molecule has 1 heteroatoms. The summed E-state index contributed by atoms with van der Waals surface area (Å²) in [5.74, 6) is 4.68. The zero-order valence-corrected chi connectivity index (χ0v) is 20.3. The average molecular weight is 401 g/mol. The third-order valence-corrected chi connectivity index (χ3v) is 10.7. The maximum Gasteiger partial charge on any atom is 0.0568 e. The van der Waals surface area contributed by atoms with Gasteiger partial charge in [-0.3, -0.25) is 0 Å². The fourth-order valence-electron chi connectivity index (χ4n) is 8.95. The maximum atomic E-state index is 10.5.